The molecule has 29 heavy (non-hydrogen) atoms. The fourth-order valence-electron chi connectivity index (χ4n) is 2.64. The van der Waals surface area contributed by atoms with Gasteiger partial charge < -0.3 is 14.2 Å². The second-order valence-corrected chi connectivity index (χ2v) is 6.32. The lowest BCUT2D eigenvalue weighted by atomic mass is 10.1. The van der Waals surface area contributed by atoms with E-state index in [-0.39, 0.29) is 6.79 Å². The molecule has 3 aromatic rings. The first kappa shape index (κ1) is 20.0. The Bertz CT molecular complexity index is 1000. The van der Waals surface area contributed by atoms with Crippen LogP contribution in [0.1, 0.15) is 27.0 Å². The van der Waals surface area contributed by atoms with Crippen molar-refractivity contribution in [3.63, 3.8) is 0 Å². The van der Waals surface area contributed by atoms with E-state index in [1.807, 2.05) is 43.3 Å². The van der Waals surface area contributed by atoms with E-state index in [0.29, 0.717) is 22.8 Å². The number of benzene rings is 3. The molecule has 0 saturated heterocycles. The van der Waals surface area contributed by atoms with Crippen LogP contribution in [0.5, 0.6) is 17.2 Å². The molecule has 0 aliphatic rings. The first-order valence-corrected chi connectivity index (χ1v) is 9.12. The standard InChI is InChI=1S/C25H22O4/c1-4-19-6-11-22(12-7-19)27-17-28-24-15-10-21(16-18(24)3)25(26)29-23-13-8-20(5-2)9-14-23/h4-16H,1-2,17H2,3H3. The zero-order valence-electron chi connectivity index (χ0n) is 16.3. The molecule has 0 aliphatic heterocycles. The molecule has 0 fully saturated rings. The van der Waals surface area contributed by atoms with Crippen LogP contribution in [-0.2, 0) is 0 Å². The predicted molar refractivity (Wildman–Crippen MR) is 115 cm³/mol. The molecule has 0 unspecified atom stereocenters. The molecule has 3 aromatic carbocycles. The molecule has 146 valence electrons. The summed E-state index contributed by atoms with van der Waals surface area (Å²) in [5.41, 5.74) is 3.24. The average Bonchev–Trinajstić information content (AvgIpc) is 2.75. The monoisotopic (exact) mass is 386 g/mol. The lowest BCUT2D eigenvalue weighted by Gasteiger charge is -2.12. The van der Waals surface area contributed by atoms with Crippen LogP contribution in [0.15, 0.2) is 79.9 Å². The van der Waals surface area contributed by atoms with Gasteiger partial charge in [0.15, 0.2) is 0 Å². The van der Waals surface area contributed by atoms with Gasteiger partial charge in [-0.1, -0.05) is 49.6 Å². The topological polar surface area (TPSA) is 44.8 Å². The van der Waals surface area contributed by atoms with Crippen LogP contribution in [0.4, 0.5) is 0 Å². The third-order valence-electron chi connectivity index (χ3n) is 4.29. The van der Waals surface area contributed by atoms with Gasteiger partial charge in [-0.15, -0.1) is 0 Å². The van der Waals surface area contributed by atoms with Gasteiger partial charge >= 0.3 is 5.97 Å². The van der Waals surface area contributed by atoms with Crippen molar-refractivity contribution >= 4 is 18.1 Å². The highest BCUT2D eigenvalue weighted by atomic mass is 16.7. The lowest BCUT2D eigenvalue weighted by Crippen LogP contribution is -2.10. The van der Waals surface area contributed by atoms with Gasteiger partial charge in [0.05, 0.1) is 5.56 Å². The normalized spacial score (nSPS) is 10.1. The summed E-state index contributed by atoms with van der Waals surface area (Å²) in [6.45, 7) is 9.35. The number of ether oxygens (including phenoxy) is 3. The van der Waals surface area contributed by atoms with Gasteiger partial charge in [0.2, 0.25) is 6.79 Å². The number of hydrogen-bond donors (Lipinski definition) is 0. The Morgan fingerprint density at radius 3 is 1.97 bits per heavy atom. The molecule has 0 aliphatic carbocycles. The third-order valence-corrected chi connectivity index (χ3v) is 4.29. The van der Waals surface area contributed by atoms with Gasteiger partial charge in [0.1, 0.15) is 17.2 Å². The molecule has 0 spiro atoms. The number of esters is 1. The second kappa shape index (κ2) is 9.42. The Labute approximate surface area is 170 Å². The highest BCUT2D eigenvalue weighted by Gasteiger charge is 2.11. The molecule has 3 rings (SSSR count). The Balaban J connectivity index is 1.57. The smallest absolute Gasteiger partial charge is 0.343 e. The summed E-state index contributed by atoms with van der Waals surface area (Å²) in [4.78, 5) is 12.4. The zero-order valence-corrected chi connectivity index (χ0v) is 16.3. The van der Waals surface area contributed by atoms with Crippen LogP contribution < -0.4 is 14.2 Å². The zero-order chi connectivity index (χ0) is 20.6. The Morgan fingerprint density at radius 2 is 1.41 bits per heavy atom. The minimum atomic E-state index is -0.426. The van der Waals surface area contributed by atoms with Crippen molar-refractivity contribution in [1.29, 1.82) is 0 Å². The van der Waals surface area contributed by atoms with Gasteiger partial charge in [-0.25, -0.2) is 4.79 Å². The molecule has 0 atom stereocenters. The molecule has 0 N–H and O–H groups in total. The third kappa shape index (κ3) is 5.36. The van der Waals surface area contributed by atoms with E-state index in [9.17, 15) is 4.79 Å². The van der Waals surface area contributed by atoms with Crippen molar-refractivity contribution in [3.8, 4) is 17.2 Å². The minimum absolute atomic E-state index is 0.0632. The van der Waals surface area contributed by atoms with Crippen molar-refractivity contribution in [3.05, 3.63) is 102 Å². The minimum Gasteiger partial charge on any atom is -0.458 e. The Morgan fingerprint density at radius 1 is 0.828 bits per heavy atom. The highest BCUT2D eigenvalue weighted by Crippen LogP contribution is 2.22. The van der Waals surface area contributed by atoms with E-state index >= 15 is 0 Å². The number of aryl methyl sites for hydroxylation is 1. The van der Waals surface area contributed by atoms with Gasteiger partial charge in [-0.05, 0) is 66.1 Å². The fourth-order valence-corrected chi connectivity index (χ4v) is 2.64. The maximum Gasteiger partial charge on any atom is 0.343 e. The Kier molecular flexibility index (Phi) is 6.48. The molecular formula is C25H22O4. The molecular weight excluding hydrogens is 364 g/mol. The van der Waals surface area contributed by atoms with Gasteiger partial charge in [-0.3, -0.25) is 0 Å². The van der Waals surface area contributed by atoms with Gasteiger partial charge in [0, 0.05) is 0 Å². The molecule has 0 saturated carbocycles. The molecule has 4 nitrogen and oxygen atoms in total. The lowest BCUT2D eigenvalue weighted by molar-refractivity contribution is 0.0734. The van der Waals surface area contributed by atoms with E-state index in [4.69, 9.17) is 14.2 Å². The van der Waals surface area contributed by atoms with Crippen molar-refractivity contribution in [2.24, 2.45) is 0 Å². The maximum absolute atomic E-state index is 12.4. The van der Waals surface area contributed by atoms with Crippen molar-refractivity contribution < 1.29 is 19.0 Å². The highest BCUT2D eigenvalue weighted by molar-refractivity contribution is 5.91. The van der Waals surface area contributed by atoms with Crippen LogP contribution in [0.2, 0.25) is 0 Å². The first-order valence-electron chi connectivity index (χ1n) is 9.12. The summed E-state index contributed by atoms with van der Waals surface area (Å²) in [6.07, 6.45) is 3.50. The van der Waals surface area contributed by atoms with E-state index in [0.717, 1.165) is 16.7 Å². The summed E-state index contributed by atoms with van der Waals surface area (Å²) in [7, 11) is 0. The average molecular weight is 386 g/mol. The van der Waals surface area contributed by atoms with Crippen LogP contribution in [0.3, 0.4) is 0 Å². The molecule has 0 heterocycles. The number of hydrogen-bond acceptors (Lipinski definition) is 4. The molecule has 4 heteroatoms. The largest absolute Gasteiger partial charge is 0.458 e. The van der Waals surface area contributed by atoms with Crippen LogP contribution >= 0.6 is 0 Å². The SMILES string of the molecule is C=Cc1ccc(OCOc2ccc(C(=O)Oc3ccc(C=C)cc3)cc2C)cc1. The fraction of sp³-hybridized carbons (Fsp3) is 0.0800. The molecule has 0 aromatic heterocycles. The Hall–Kier alpha value is -3.79. The van der Waals surface area contributed by atoms with E-state index in [1.54, 1.807) is 42.5 Å². The number of carbonyl (C=O) groups is 1. The summed E-state index contributed by atoms with van der Waals surface area (Å²) in [5.74, 6) is 1.40. The van der Waals surface area contributed by atoms with E-state index in [1.165, 1.54) is 0 Å². The second-order valence-electron chi connectivity index (χ2n) is 6.32. The summed E-state index contributed by atoms with van der Waals surface area (Å²) in [6, 6.07) is 19.8. The van der Waals surface area contributed by atoms with E-state index < -0.39 is 5.97 Å². The first-order chi connectivity index (χ1) is 14.1. The number of carbonyl (C=O) groups excluding carboxylic acids is 1. The van der Waals surface area contributed by atoms with Crippen molar-refractivity contribution in [2.45, 2.75) is 6.92 Å². The van der Waals surface area contributed by atoms with Gasteiger partial charge in [-0.2, -0.15) is 0 Å². The van der Waals surface area contributed by atoms with Crippen molar-refractivity contribution in [2.75, 3.05) is 6.79 Å². The van der Waals surface area contributed by atoms with Crippen LogP contribution in [-0.4, -0.2) is 12.8 Å². The predicted octanol–water partition coefficient (Wildman–Crippen LogP) is 5.92. The summed E-state index contributed by atoms with van der Waals surface area (Å²) in [5, 5.41) is 0. The molecule has 0 bridgehead atoms. The molecule has 0 amide bonds. The van der Waals surface area contributed by atoms with Crippen LogP contribution in [0.25, 0.3) is 12.2 Å². The number of rotatable bonds is 8. The molecule has 0 radical (unpaired) electrons. The van der Waals surface area contributed by atoms with E-state index in [2.05, 4.69) is 13.2 Å². The van der Waals surface area contributed by atoms with Gasteiger partial charge in [0.25, 0.3) is 0 Å². The maximum atomic E-state index is 12.4. The van der Waals surface area contributed by atoms with Crippen LogP contribution in [0, 0.1) is 6.92 Å². The quantitative estimate of drug-likeness (QED) is 0.274. The summed E-state index contributed by atoms with van der Waals surface area (Å²) >= 11 is 0. The van der Waals surface area contributed by atoms with Crippen molar-refractivity contribution in [1.82, 2.24) is 0 Å². The summed E-state index contributed by atoms with van der Waals surface area (Å²) < 4.78 is 16.7.